The van der Waals surface area contributed by atoms with Crippen molar-refractivity contribution in [1.82, 2.24) is 0 Å². The van der Waals surface area contributed by atoms with Crippen LogP contribution in [0.25, 0.3) is 6.08 Å². The molecule has 0 radical (unpaired) electrons. The number of hydrogen-bond donors (Lipinski definition) is 0. The summed E-state index contributed by atoms with van der Waals surface area (Å²) in [6, 6.07) is 4.78. The van der Waals surface area contributed by atoms with Crippen molar-refractivity contribution in [1.29, 1.82) is 0 Å². The van der Waals surface area contributed by atoms with Crippen LogP contribution in [0.15, 0.2) is 29.2 Å². The normalized spacial score (nSPS) is 15.6. The maximum atomic E-state index is 11.6. The molecule has 0 unspecified atom stereocenters. The molecule has 1 aliphatic rings. The molecule has 0 saturated heterocycles. The second-order valence-corrected chi connectivity index (χ2v) is 6.07. The van der Waals surface area contributed by atoms with Gasteiger partial charge in [-0.05, 0) is 23.8 Å². The van der Waals surface area contributed by atoms with E-state index < -0.39 is 9.84 Å². The van der Waals surface area contributed by atoms with E-state index in [4.69, 9.17) is 0 Å². The molecular weight excluding hydrogens is 238 g/mol. The fourth-order valence-electron chi connectivity index (χ4n) is 1.76. The third-order valence-corrected chi connectivity index (χ3v) is 3.86. The summed E-state index contributed by atoms with van der Waals surface area (Å²) >= 11 is 0. The van der Waals surface area contributed by atoms with E-state index in [0.717, 1.165) is 11.3 Å². The van der Waals surface area contributed by atoms with E-state index in [1.807, 2.05) is 0 Å². The summed E-state index contributed by atoms with van der Waals surface area (Å²) in [5.41, 5.74) is 1.48. The quantitative estimate of drug-likeness (QED) is 0.759. The molecule has 90 valence electrons. The van der Waals surface area contributed by atoms with Crippen molar-refractivity contribution in [2.45, 2.75) is 11.3 Å². The Morgan fingerprint density at radius 2 is 2.00 bits per heavy atom. The lowest BCUT2D eigenvalue weighted by Gasteiger charge is -2.17. The predicted molar refractivity (Wildman–Crippen MR) is 66.6 cm³/mol. The molecule has 0 bridgehead atoms. The maximum Gasteiger partial charge on any atom is 0.230 e. The number of hydrogen-bond acceptors (Lipinski definition) is 3. The molecule has 17 heavy (non-hydrogen) atoms. The molecule has 5 heteroatoms. The highest BCUT2D eigenvalue weighted by Gasteiger charge is 2.17. The SMILES string of the molecule is CN1C(=O)CC=Cc2cc(S(C)(=O)=O)ccc21. The van der Waals surface area contributed by atoms with Gasteiger partial charge >= 0.3 is 0 Å². The molecule has 1 amide bonds. The minimum Gasteiger partial charge on any atom is -0.315 e. The minimum absolute atomic E-state index is 0.00731. The molecule has 4 nitrogen and oxygen atoms in total. The van der Waals surface area contributed by atoms with Crippen molar-refractivity contribution in [3.05, 3.63) is 29.8 Å². The van der Waals surface area contributed by atoms with Gasteiger partial charge in [-0.15, -0.1) is 0 Å². The molecule has 0 spiro atoms. The summed E-state index contributed by atoms with van der Waals surface area (Å²) < 4.78 is 22.9. The molecule has 1 aromatic carbocycles. The zero-order chi connectivity index (χ0) is 12.6. The van der Waals surface area contributed by atoms with Crippen LogP contribution in [0, 0.1) is 0 Å². The summed E-state index contributed by atoms with van der Waals surface area (Å²) in [7, 11) is -1.53. The molecule has 0 atom stereocenters. The van der Waals surface area contributed by atoms with Gasteiger partial charge in [0, 0.05) is 19.7 Å². The number of amides is 1. The van der Waals surface area contributed by atoms with Gasteiger partial charge in [-0.3, -0.25) is 4.79 Å². The van der Waals surface area contributed by atoms with Crippen molar-refractivity contribution in [2.75, 3.05) is 18.2 Å². The van der Waals surface area contributed by atoms with Crippen LogP contribution in [0.3, 0.4) is 0 Å². The van der Waals surface area contributed by atoms with Crippen LogP contribution in [-0.4, -0.2) is 27.6 Å². The van der Waals surface area contributed by atoms with E-state index in [1.54, 1.807) is 36.2 Å². The van der Waals surface area contributed by atoms with Crippen molar-refractivity contribution in [3.8, 4) is 0 Å². The molecule has 1 aliphatic heterocycles. The standard InChI is InChI=1S/C12H13NO3S/c1-13-11-7-6-10(17(2,15)16)8-9(11)4-3-5-12(13)14/h3-4,6-8H,5H2,1-2H3. The monoisotopic (exact) mass is 251 g/mol. The largest absolute Gasteiger partial charge is 0.315 e. The van der Waals surface area contributed by atoms with E-state index >= 15 is 0 Å². The second kappa shape index (κ2) is 4.00. The Bertz CT molecular complexity index is 602. The van der Waals surface area contributed by atoms with Crippen molar-refractivity contribution < 1.29 is 13.2 Å². The first-order valence-corrected chi connectivity index (χ1v) is 7.06. The first kappa shape index (κ1) is 11.9. The van der Waals surface area contributed by atoms with Crippen LogP contribution >= 0.6 is 0 Å². The first-order valence-electron chi connectivity index (χ1n) is 5.17. The molecule has 0 N–H and O–H groups in total. The van der Waals surface area contributed by atoms with Crippen LogP contribution in [0.2, 0.25) is 0 Å². The minimum atomic E-state index is -3.22. The Morgan fingerprint density at radius 1 is 1.29 bits per heavy atom. The Morgan fingerprint density at radius 3 is 2.65 bits per heavy atom. The Labute approximate surface area is 100 Å². The average molecular weight is 251 g/mol. The van der Waals surface area contributed by atoms with Crippen LogP contribution in [-0.2, 0) is 14.6 Å². The number of sulfone groups is 1. The molecule has 0 aliphatic carbocycles. The lowest BCUT2D eigenvalue weighted by molar-refractivity contribution is -0.117. The number of fused-ring (bicyclic) bond motifs is 1. The lowest BCUT2D eigenvalue weighted by atomic mass is 10.1. The fraction of sp³-hybridized carbons (Fsp3) is 0.250. The molecule has 1 heterocycles. The van der Waals surface area contributed by atoms with Crippen LogP contribution in [0.5, 0.6) is 0 Å². The second-order valence-electron chi connectivity index (χ2n) is 4.05. The average Bonchev–Trinajstić information content (AvgIpc) is 2.38. The van der Waals surface area contributed by atoms with E-state index in [1.165, 1.54) is 12.3 Å². The summed E-state index contributed by atoms with van der Waals surface area (Å²) in [5, 5.41) is 0. The van der Waals surface area contributed by atoms with Gasteiger partial charge in [-0.1, -0.05) is 12.2 Å². The molecular formula is C12H13NO3S. The van der Waals surface area contributed by atoms with Crippen LogP contribution in [0.1, 0.15) is 12.0 Å². The van der Waals surface area contributed by atoms with Gasteiger partial charge in [0.15, 0.2) is 9.84 Å². The third kappa shape index (κ3) is 2.24. The molecule has 2 rings (SSSR count). The molecule has 0 saturated carbocycles. The highest BCUT2D eigenvalue weighted by atomic mass is 32.2. The van der Waals surface area contributed by atoms with Gasteiger partial charge in [0.1, 0.15) is 0 Å². The molecule has 0 fully saturated rings. The highest BCUT2D eigenvalue weighted by Crippen LogP contribution is 2.27. The lowest BCUT2D eigenvalue weighted by Crippen LogP contribution is -2.25. The van der Waals surface area contributed by atoms with Gasteiger partial charge in [0.05, 0.1) is 10.6 Å². The predicted octanol–water partition coefficient (Wildman–Crippen LogP) is 1.47. The topological polar surface area (TPSA) is 54.5 Å². The number of nitrogens with zero attached hydrogens (tertiary/aromatic N) is 1. The fourth-order valence-corrected chi connectivity index (χ4v) is 2.42. The number of carbonyl (C=O) groups excluding carboxylic acids is 1. The summed E-state index contributed by atoms with van der Waals surface area (Å²) in [6.45, 7) is 0. The number of carbonyl (C=O) groups is 1. The van der Waals surface area contributed by atoms with E-state index in [0.29, 0.717) is 6.42 Å². The maximum absolute atomic E-state index is 11.6. The molecule has 0 aromatic heterocycles. The Balaban J connectivity index is 2.60. The van der Waals surface area contributed by atoms with Crippen molar-refractivity contribution in [2.24, 2.45) is 0 Å². The first-order chi connectivity index (χ1) is 7.89. The Kier molecular flexibility index (Phi) is 2.79. The summed E-state index contributed by atoms with van der Waals surface area (Å²) in [4.78, 5) is 13.4. The van der Waals surface area contributed by atoms with E-state index in [-0.39, 0.29) is 10.8 Å². The number of rotatable bonds is 1. The van der Waals surface area contributed by atoms with E-state index in [9.17, 15) is 13.2 Å². The van der Waals surface area contributed by atoms with Gasteiger partial charge in [-0.2, -0.15) is 0 Å². The number of benzene rings is 1. The third-order valence-electron chi connectivity index (χ3n) is 2.75. The highest BCUT2D eigenvalue weighted by molar-refractivity contribution is 7.90. The smallest absolute Gasteiger partial charge is 0.230 e. The zero-order valence-corrected chi connectivity index (χ0v) is 10.5. The van der Waals surface area contributed by atoms with Crippen LogP contribution in [0.4, 0.5) is 5.69 Å². The van der Waals surface area contributed by atoms with Gasteiger partial charge in [0.25, 0.3) is 0 Å². The summed E-state index contributed by atoms with van der Waals surface area (Å²) in [5.74, 6) is -0.00731. The van der Waals surface area contributed by atoms with Crippen molar-refractivity contribution >= 4 is 27.5 Å². The summed E-state index contributed by atoms with van der Waals surface area (Å²) in [6.07, 6.45) is 5.03. The molecule has 1 aromatic rings. The van der Waals surface area contributed by atoms with Crippen molar-refractivity contribution in [3.63, 3.8) is 0 Å². The van der Waals surface area contributed by atoms with Gasteiger partial charge < -0.3 is 4.90 Å². The van der Waals surface area contributed by atoms with E-state index in [2.05, 4.69) is 0 Å². The van der Waals surface area contributed by atoms with Crippen LogP contribution < -0.4 is 4.90 Å². The van der Waals surface area contributed by atoms with Gasteiger partial charge in [0.2, 0.25) is 5.91 Å². The Hall–Kier alpha value is -1.62. The van der Waals surface area contributed by atoms with Gasteiger partial charge in [-0.25, -0.2) is 8.42 Å². The number of anilines is 1. The zero-order valence-electron chi connectivity index (χ0n) is 9.67.